The van der Waals surface area contributed by atoms with Crippen LogP contribution in [0.15, 0.2) is 30.4 Å². The number of carbonyl (C=O) groups is 6. The first kappa shape index (κ1) is 37.1. The van der Waals surface area contributed by atoms with Crippen LogP contribution in [0.5, 0.6) is 5.75 Å². The molecule has 5 unspecified atom stereocenters. The number of anilines is 1. The molecule has 47 heavy (non-hydrogen) atoms. The summed E-state index contributed by atoms with van der Waals surface area (Å²) in [6, 6.07) is 4.50. The van der Waals surface area contributed by atoms with E-state index in [1.54, 1.807) is 6.07 Å². The zero-order chi connectivity index (χ0) is 34.9. The molecule has 2 aliphatic heterocycles. The molecular formula is C31H41N3O13. The maximum Gasteiger partial charge on any atom is 0.335 e. The van der Waals surface area contributed by atoms with Gasteiger partial charge in [0, 0.05) is 45.0 Å². The van der Waals surface area contributed by atoms with Crippen molar-refractivity contribution in [3.8, 4) is 5.75 Å². The summed E-state index contributed by atoms with van der Waals surface area (Å²) >= 11 is 0. The number of hydrogen-bond acceptors (Lipinski definition) is 12. The number of unbranched alkanes of at least 4 members (excludes halogenated alkanes) is 2. The quantitative estimate of drug-likeness (QED) is 0.0762. The van der Waals surface area contributed by atoms with Crippen molar-refractivity contribution < 1.29 is 63.4 Å². The Labute approximate surface area is 270 Å². The number of nitrogens with one attached hydrogen (secondary N) is 2. The highest BCUT2D eigenvalue weighted by atomic mass is 16.6. The van der Waals surface area contributed by atoms with Crippen LogP contribution in [0.1, 0.15) is 58.4 Å². The largest absolute Gasteiger partial charge is 0.483 e. The number of benzene rings is 1. The first-order chi connectivity index (χ1) is 22.1. The third kappa shape index (κ3) is 10.3. The summed E-state index contributed by atoms with van der Waals surface area (Å²) in [5.74, 6) is -3.50. The Kier molecular flexibility index (Phi) is 13.0. The Hall–Kier alpha value is -4.38. The molecule has 0 bridgehead atoms. The predicted molar refractivity (Wildman–Crippen MR) is 162 cm³/mol. The molecule has 2 aliphatic rings. The molecule has 258 valence electrons. The van der Waals surface area contributed by atoms with Crippen LogP contribution < -0.4 is 15.4 Å². The molecule has 0 spiro atoms. The second-order valence-corrected chi connectivity index (χ2v) is 11.7. The molecule has 16 nitrogen and oxygen atoms in total. The van der Waals surface area contributed by atoms with Crippen molar-refractivity contribution in [1.82, 2.24) is 10.2 Å². The van der Waals surface area contributed by atoms with Gasteiger partial charge in [-0.2, -0.15) is 0 Å². The molecule has 0 saturated carbocycles. The van der Waals surface area contributed by atoms with Crippen LogP contribution in [0.4, 0.5) is 5.69 Å². The molecule has 0 radical (unpaired) electrons. The molecule has 1 saturated heterocycles. The molecule has 4 amide bonds. The first-order valence-corrected chi connectivity index (χ1v) is 15.1. The van der Waals surface area contributed by atoms with E-state index >= 15 is 0 Å². The molecule has 16 heteroatoms. The number of aliphatic hydroxyl groups excluding tert-OH is 3. The summed E-state index contributed by atoms with van der Waals surface area (Å²) in [7, 11) is 0. The minimum Gasteiger partial charge on any atom is -0.483 e. The van der Waals surface area contributed by atoms with Crippen molar-refractivity contribution in [3.05, 3.63) is 35.9 Å². The van der Waals surface area contributed by atoms with Gasteiger partial charge in [0.15, 0.2) is 6.10 Å². The van der Waals surface area contributed by atoms with Gasteiger partial charge in [0.05, 0.1) is 5.69 Å². The predicted octanol–water partition coefficient (Wildman–Crippen LogP) is -0.228. The van der Waals surface area contributed by atoms with Crippen molar-refractivity contribution >= 4 is 41.3 Å². The third-order valence-corrected chi connectivity index (χ3v) is 7.54. The number of carbonyl (C=O) groups excluding carboxylic acids is 5. The molecule has 6 N–H and O–H groups in total. The highest BCUT2D eigenvalue weighted by molar-refractivity contribution is 6.12. The summed E-state index contributed by atoms with van der Waals surface area (Å²) in [4.78, 5) is 72.3. The van der Waals surface area contributed by atoms with Crippen LogP contribution >= 0.6 is 0 Å². The van der Waals surface area contributed by atoms with E-state index in [1.165, 1.54) is 45.1 Å². The molecule has 3 rings (SSSR count). The number of amides is 4. The van der Waals surface area contributed by atoms with Gasteiger partial charge in [-0.3, -0.25) is 28.9 Å². The number of aliphatic hydroxyl groups is 3. The lowest BCUT2D eigenvalue weighted by Gasteiger charge is -2.45. The Morgan fingerprint density at radius 3 is 2.26 bits per heavy atom. The van der Waals surface area contributed by atoms with E-state index in [1.807, 2.05) is 0 Å². The lowest BCUT2D eigenvalue weighted by Crippen LogP contribution is -2.65. The van der Waals surface area contributed by atoms with Crippen molar-refractivity contribution in [2.75, 3.05) is 18.4 Å². The Bertz CT molecular complexity index is 1360. The average molecular weight is 664 g/mol. The first-order valence-electron chi connectivity index (χ1n) is 15.1. The van der Waals surface area contributed by atoms with Gasteiger partial charge < -0.3 is 45.3 Å². The topological polar surface area (TPSA) is 238 Å². The van der Waals surface area contributed by atoms with E-state index in [-0.39, 0.29) is 61.7 Å². The fourth-order valence-corrected chi connectivity index (χ4v) is 5.04. The average Bonchev–Trinajstić information content (AvgIpc) is 3.31. The zero-order valence-electron chi connectivity index (χ0n) is 26.3. The van der Waals surface area contributed by atoms with Crippen LogP contribution in [-0.4, -0.2) is 110 Å². The van der Waals surface area contributed by atoms with Gasteiger partial charge >= 0.3 is 11.9 Å². The fourth-order valence-electron chi connectivity index (χ4n) is 5.04. The molecule has 1 aromatic carbocycles. The fraction of sp³-hybridized carbons (Fsp3) is 0.548. The summed E-state index contributed by atoms with van der Waals surface area (Å²) < 4.78 is 16.6. The summed E-state index contributed by atoms with van der Waals surface area (Å²) in [6.07, 6.45) is -4.52. The highest BCUT2D eigenvalue weighted by Gasteiger charge is 2.52. The van der Waals surface area contributed by atoms with Crippen LogP contribution in [0.2, 0.25) is 0 Å². The SMILES string of the molecule is CC(=O)OCc1ccc(OC(C)(C)C2OC(C(=O)O)C(O)C(O)C2O)c(NC(=O)CCNC(=O)CCCCCN2C(=O)C=CC2=O)c1. The van der Waals surface area contributed by atoms with Gasteiger partial charge in [-0.15, -0.1) is 0 Å². The summed E-state index contributed by atoms with van der Waals surface area (Å²) in [5, 5.41) is 45.7. The Balaban J connectivity index is 1.58. The smallest absolute Gasteiger partial charge is 0.335 e. The van der Waals surface area contributed by atoms with Crippen LogP contribution in [-0.2, 0) is 44.8 Å². The molecule has 0 aromatic heterocycles. The van der Waals surface area contributed by atoms with E-state index in [4.69, 9.17) is 14.2 Å². The molecule has 5 atom stereocenters. The maximum atomic E-state index is 12.9. The van der Waals surface area contributed by atoms with E-state index in [0.29, 0.717) is 24.8 Å². The number of ether oxygens (including phenoxy) is 3. The third-order valence-electron chi connectivity index (χ3n) is 7.54. The van der Waals surface area contributed by atoms with Gasteiger partial charge in [0.25, 0.3) is 11.8 Å². The van der Waals surface area contributed by atoms with Crippen LogP contribution in [0, 0.1) is 0 Å². The number of carboxylic acid groups (broad SMARTS) is 1. The van der Waals surface area contributed by atoms with E-state index in [2.05, 4.69) is 10.6 Å². The monoisotopic (exact) mass is 663 g/mol. The second-order valence-electron chi connectivity index (χ2n) is 11.7. The van der Waals surface area contributed by atoms with Crippen LogP contribution in [0.3, 0.4) is 0 Å². The maximum absolute atomic E-state index is 12.9. The molecule has 0 aliphatic carbocycles. The van der Waals surface area contributed by atoms with E-state index in [0.717, 1.165) is 4.90 Å². The number of aliphatic carboxylic acids is 1. The standard InChI is InChI=1S/C31H41N3O13/c1-17(35)45-16-18-8-9-20(47-31(2,3)29-27(42)25(40)26(41)28(46-29)30(43)44)19(15-18)33-22(37)12-13-32-21(36)7-5-4-6-14-34-23(38)10-11-24(34)39/h8-11,15,25-29,40-42H,4-7,12-14,16H2,1-3H3,(H,32,36)(H,33,37)(H,43,44). The van der Waals surface area contributed by atoms with Crippen molar-refractivity contribution in [2.24, 2.45) is 0 Å². The normalized spacial score (nSPS) is 22.6. The number of nitrogens with zero attached hydrogens (tertiary/aromatic N) is 1. The van der Waals surface area contributed by atoms with Crippen molar-refractivity contribution in [1.29, 1.82) is 0 Å². The van der Waals surface area contributed by atoms with Gasteiger partial charge in [-0.25, -0.2) is 4.79 Å². The molecule has 2 heterocycles. The van der Waals surface area contributed by atoms with Crippen molar-refractivity contribution in [2.45, 2.75) is 95.6 Å². The number of carboxylic acids is 1. The highest BCUT2D eigenvalue weighted by Crippen LogP contribution is 2.35. The minimum atomic E-state index is -1.89. The zero-order valence-corrected chi connectivity index (χ0v) is 26.3. The Morgan fingerprint density at radius 2 is 1.62 bits per heavy atom. The van der Waals surface area contributed by atoms with Gasteiger partial charge in [0.1, 0.15) is 42.4 Å². The van der Waals surface area contributed by atoms with Crippen LogP contribution in [0.25, 0.3) is 0 Å². The minimum absolute atomic E-state index is 0.0147. The lowest BCUT2D eigenvalue weighted by molar-refractivity contribution is -0.254. The molecule has 1 fully saturated rings. The van der Waals surface area contributed by atoms with Gasteiger partial charge in [-0.05, 0) is 44.4 Å². The number of esters is 1. The van der Waals surface area contributed by atoms with Crippen molar-refractivity contribution in [3.63, 3.8) is 0 Å². The lowest BCUT2D eigenvalue weighted by atomic mass is 9.86. The van der Waals surface area contributed by atoms with Gasteiger partial charge in [0.2, 0.25) is 11.8 Å². The van der Waals surface area contributed by atoms with E-state index < -0.39 is 54.0 Å². The number of imide groups is 1. The molecular weight excluding hydrogens is 622 g/mol. The Morgan fingerprint density at radius 1 is 0.936 bits per heavy atom. The molecule has 1 aromatic rings. The second kappa shape index (κ2) is 16.4. The number of rotatable bonds is 16. The summed E-state index contributed by atoms with van der Waals surface area (Å²) in [6.45, 7) is 4.33. The summed E-state index contributed by atoms with van der Waals surface area (Å²) in [5.41, 5.74) is -0.901. The van der Waals surface area contributed by atoms with E-state index in [9.17, 15) is 49.2 Å². The van der Waals surface area contributed by atoms with Gasteiger partial charge in [-0.1, -0.05) is 12.5 Å². The number of hydrogen-bond donors (Lipinski definition) is 6.